The predicted molar refractivity (Wildman–Crippen MR) is 54.3 cm³/mol. The third kappa shape index (κ3) is 1.41. The van der Waals surface area contributed by atoms with Crippen LogP contribution in [-0.4, -0.2) is 4.98 Å². The lowest BCUT2D eigenvalue weighted by Gasteiger charge is -1.96. The standard InChI is InChI=1S/C8H4Cl2FNS/c1-3-12-7-5(10)2-4(9)6(11)8(7)13-3/h2H,1H3. The first-order chi connectivity index (χ1) is 6.09. The Morgan fingerprint density at radius 2 is 2.08 bits per heavy atom. The van der Waals surface area contributed by atoms with Crippen LogP contribution >= 0.6 is 34.5 Å². The molecule has 0 aliphatic rings. The molecule has 2 aromatic rings. The highest BCUT2D eigenvalue weighted by Gasteiger charge is 2.13. The average Bonchev–Trinajstić information content (AvgIpc) is 2.44. The summed E-state index contributed by atoms with van der Waals surface area (Å²) in [6, 6.07) is 1.37. The van der Waals surface area contributed by atoms with Gasteiger partial charge in [0.25, 0.3) is 0 Å². The van der Waals surface area contributed by atoms with Crippen LogP contribution in [0.25, 0.3) is 10.2 Å². The predicted octanol–water partition coefficient (Wildman–Crippen LogP) is 4.05. The number of thiazole rings is 1. The summed E-state index contributed by atoms with van der Waals surface area (Å²) >= 11 is 12.7. The second-order valence-corrected chi connectivity index (χ2v) is 4.58. The lowest BCUT2D eigenvalue weighted by atomic mass is 10.3. The molecule has 0 N–H and O–H groups in total. The number of fused-ring (bicyclic) bond motifs is 1. The van der Waals surface area contributed by atoms with Crippen molar-refractivity contribution >= 4 is 44.8 Å². The first kappa shape index (κ1) is 9.19. The van der Waals surface area contributed by atoms with E-state index in [2.05, 4.69) is 4.98 Å². The second kappa shape index (κ2) is 3.08. The summed E-state index contributed by atoms with van der Waals surface area (Å²) in [5, 5.41) is 1.21. The molecule has 68 valence electrons. The minimum absolute atomic E-state index is 0.0427. The van der Waals surface area contributed by atoms with Crippen LogP contribution in [0.4, 0.5) is 4.39 Å². The fourth-order valence-corrected chi connectivity index (χ4v) is 2.59. The van der Waals surface area contributed by atoms with E-state index >= 15 is 0 Å². The van der Waals surface area contributed by atoms with Crippen molar-refractivity contribution in [3.05, 3.63) is 26.9 Å². The molecule has 1 heterocycles. The second-order valence-electron chi connectivity index (χ2n) is 2.56. The van der Waals surface area contributed by atoms with E-state index in [1.165, 1.54) is 17.4 Å². The van der Waals surface area contributed by atoms with E-state index in [9.17, 15) is 4.39 Å². The fraction of sp³-hybridized carbons (Fsp3) is 0.125. The smallest absolute Gasteiger partial charge is 0.161 e. The summed E-state index contributed by atoms with van der Waals surface area (Å²) in [4.78, 5) is 4.10. The lowest BCUT2D eigenvalue weighted by molar-refractivity contribution is 0.642. The van der Waals surface area contributed by atoms with Gasteiger partial charge < -0.3 is 0 Å². The number of hydrogen-bond donors (Lipinski definition) is 0. The Bertz CT molecular complexity index is 480. The normalized spacial score (nSPS) is 11.1. The Kier molecular flexibility index (Phi) is 2.18. The minimum Gasteiger partial charge on any atom is -0.240 e. The first-order valence-electron chi connectivity index (χ1n) is 3.50. The first-order valence-corrected chi connectivity index (χ1v) is 5.07. The molecule has 0 radical (unpaired) electrons. The van der Waals surface area contributed by atoms with Gasteiger partial charge in [0.1, 0.15) is 5.52 Å². The molecule has 0 unspecified atom stereocenters. The summed E-state index contributed by atoms with van der Waals surface area (Å²) in [5.74, 6) is -0.438. The van der Waals surface area contributed by atoms with E-state index in [4.69, 9.17) is 23.2 Å². The minimum atomic E-state index is -0.438. The molecular weight excluding hydrogens is 232 g/mol. The molecule has 5 heteroatoms. The lowest BCUT2D eigenvalue weighted by Crippen LogP contribution is -1.79. The van der Waals surface area contributed by atoms with Gasteiger partial charge in [0.05, 0.1) is 19.8 Å². The SMILES string of the molecule is Cc1nc2c(Cl)cc(Cl)c(F)c2s1. The van der Waals surface area contributed by atoms with Gasteiger partial charge in [-0.05, 0) is 13.0 Å². The van der Waals surface area contributed by atoms with E-state index < -0.39 is 5.82 Å². The molecule has 0 atom stereocenters. The van der Waals surface area contributed by atoms with Crippen molar-refractivity contribution in [3.63, 3.8) is 0 Å². The Labute approximate surface area is 88.1 Å². The van der Waals surface area contributed by atoms with Crippen molar-refractivity contribution in [2.24, 2.45) is 0 Å². The molecule has 1 nitrogen and oxygen atoms in total. The van der Waals surface area contributed by atoms with E-state index in [1.54, 1.807) is 6.92 Å². The molecule has 1 aromatic carbocycles. The Balaban J connectivity index is 2.95. The van der Waals surface area contributed by atoms with Crippen LogP contribution in [0.5, 0.6) is 0 Å². The van der Waals surface area contributed by atoms with Crippen LogP contribution in [0.1, 0.15) is 5.01 Å². The maximum atomic E-state index is 13.4. The molecule has 0 bridgehead atoms. The van der Waals surface area contributed by atoms with Gasteiger partial charge in [0.15, 0.2) is 5.82 Å². The molecule has 1 aromatic heterocycles. The van der Waals surface area contributed by atoms with E-state index in [0.29, 0.717) is 15.2 Å². The number of hydrogen-bond acceptors (Lipinski definition) is 2. The van der Waals surface area contributed by atoms with Crippen molar-refractivity contribution in [1.29, 1.82) is 0 Å². The summed E-state index contributed by atoms with van der Waals surface area (Å²) in [6.45, 7) is 1.80. The van der Waals surface area contributed by atoms with Crippen LogP contribution < -0.4 is 0 Å². The van der Waals surface area contributed by atoms with Crippen LogP contribution in [-0.2, 0) is 0 Å². The Hall–Kier alpha value is -0.380. The van der Waals surface area contributed by atoms with Gasteiger partial charge in [-0.1, -0.05) is 23.2 Å². The van der Waals surface area contributed by atoms with Crippen LogP contribution in [0.2, 0.25) is 10.0 Å². The van der Waals surface area contributed by atoms with Gasteiger partial charge in [-0.3, -0.25) is 0 Å². The zero-order chi connectivity index (χ0) is 9.59. The van der Waals surface area contributed by atoms with Crippen molar-refractivity contribution in [2.75, 3.05) is 0 Å². The third-order valence-electron chi connectivity index (χ3n) is 1.62. The molecule has 2 rings (SSSR count). The number of nitrogens with zero attached hydrogens (tertiary/aromatic N) is 1. The Morgan fingerprint density at radius 3 is 2.77 bits per heavy atom. The molecule has 0 fully saturated rings. The van der Waals surface area contributed by atoms with Crippen molar-refractivity contribution in [2.45, 2.75) is 6.92 Å². The van der Waals surface area contributed by atoms with Crippen LogP contribution in [0, 0.1) is 12.7 Å². The molecule has 0 aliphatic carbocycles. The van der Waals surface area contributed by atoms with Gasteiger partial charge in [-0.15, -0.1) is 11.3 Å². The highest BCUT2D eigenvalue weighted by Crippen LogP contribution is 2.34. The van der Waals surface area contributed by atoms with E-state index in [-0.39, 0.29) is 5.02 Å². The molecule has 0 aliphatic heterocycles. The highest BCUT2D eigenvalue weighted by molar-refractivity contribution is 7.18. The van der Waals surface area contributed by atoms with Crippen molar-refractivity contribution in [1.82, 2.24) is 4.98 Å². The number of rotatable bonds is 0. The van der Waals surface area contributed by atoms with Crippen LogP contribution in [0.15, 0.2) is 6.07 Å². The summed E-state index contributed by atoms with van der Waals surface area (Å²) in [6.07, 6.45) is 0. The maximum Gasteiger partial charge on any atom is 0.161 e. The third-order valence-corrected chi connectivity index (χ3v) is 3.15. The van der Waals surface area contributed by atoms with E-state index in [0.717, 1.165) is 5.01 Å². The summed E-state index contributed by atoms with van der Waals surface area (Å²) < 4.78 is 13.8. The monoisotopic (exact) mass is 235 g/mol. The zero-order valence-corrected chi connectivity index (χ0v) is 8.90. The molecule has 0 saturated heterocycles. The summed E-state index contributed by atoms with van der Waals surface area (Å²) in [5.41, 5.74) is 0.492. The fourth-order valence-electron chi connectivity index (χ4n) is 1.09. The summed E-state index contributed by atoms with van der Waals surface area (Å²) in [7, 11) is 0. The number of aryl methyl sites for hydroxylation is 1. The van der Waals surface area contributed by atoms with Crippen molar-refractivity contribution in [3.8, 4) is 0 Å². The average molecular weight is 236 g/mol. The van der Waals surface area contributed by atoms with Crippen molar-refractivity contribution < 1.29 is 4.39 Å². The van der Waals surface area contributed by atoms with Gasteiger partial charge in [0.2, 0.25) is 0 Å². The van der Waals surface area contributed by atoms with Crippen LogP contribution in [0.3, 0.4) is 0 Å². The Morgan fingerprint density at radius 1 is 1.38 bits per heavy atom. The topological polar surface area (TPSA) is 12.9 Å². The van der Waals surface area contributed by atoms with E-state index in [1.807, 2.05) is 0 Å². The molecular formula is C8H4Cl2FNS. The quantitative estimate of drug-likeness (QED) is 0.628. The molecule has 0 spiro atoms. The largest absolute Gasteiger partial charge is 0.240 e. The van der Waals surface area contributed by atoms with Gasteiger partial charge in [-0.25, -0.2) is 9.37 Å². The maximum absolute atomic E-state index is 13.4. The zero-order valence-electron chi connectivity index (χ0n) is 6.57. The number of halogens is 3. The number of aromatic nitrogens is 1. The molecule has 13 heavy (non-hydrogen) atoms. The molecule has 0 saturated carbocycles. The van der Waals surface area contributed by atoms with Gasteiger partial charge in [-0.2, -0.15) is 0 Å². The van der Waals surface area contributed by atoms with Gasteiger partial charge in [0, 0.05) is 0 Å². The highest BCUT2D eigenvalue weighted by atomic mass is 35.5. The van der Waals surface area contributed by atoms with Gasteiger partial charge >= 0.3 is 0 Å². The number of benzene rings is 1. The molecule has 0 amide bonds.